The van der Waals surface area contributed by atoms with E-state index < -0.39 is 7.60 Å². The van der Waals surface area contributed by atoms with E-state index in [1.165, 1.54) is 0 Å². The van der Waals surface area contributed by atoms with Gasteiger partial charge in [-0.1, -0.05) is 12.1 Å². The van der Waals surface area contributed by atoms with Crippen LogP contribution < -0.4 is 10.6 Å². The van der Waals surface area contributed by atoms with Gasteiger partial charge < -0.3 is 14.4 Å². The molecule has 4 nitrogen and oxygen atoms in total. The summed E-state index contributed by atoms with van der Waals surface area (Å²) >= 11 is 0. The van der Waals surface area contributed by atoms with Crippen LogP contribution in [0.5, 0.6) is 0 Å². The summed E-state index contributed by atoms with van der Waals surface area (Å²) < 4.78 is 23.3. The highest BCUT2D eigenvalue weighted by atomic mass is 31.2. The summed E-state index contributed by atoms with van der Waals surface area (Å²) in [6.07, 6.45) is 0. The van der Waals surface area contributed by atoms with Crippen LogP contribution in [0.3, 0.4) is 0 Å². The molecular formula is C12H20NO3P. The average molecular weight is 257 g/mol. The quantitative estimate of drug-likeness (QED) is 0.763. The summed E-state index contributed by atoms with van der Waals surface area (Å²) in [6.45, 7) is 7.08. The lowest BCUT2D eigenvalue weighted by atomic mass is 10.3. The molecule has 1 rings (SSSR count). The predicted molar refractivity (Wildman–Crippen MR) is 71.1 cm³/mol. The Labute approximate surface area is 103 Å². The van der Waals surface area contributed by atoms with Gasteiger partial charge in [0.15, 0.2) is 0 Å². The van der Waals surface area contributed by atoms with E-state index in [1.54, 1.807) is 6.07 Å². The van der Waals surface area contributed by atoms with Gasteiger partial charge in [-0.2, -0.15) is 0 Å². The maximum absolute atomic E-state index is 12.6. The zero-order chi connectivity index (χ0) is 12.7. The van der Waals surface area contributed by atoms with Crippen molar-refractivity contribution in [2.75, 3.05) is 25.1 Å². The normalized spacial score (nSPS) is 11.5. The van der Waals surface area contributed by atoms with Gasteiger partial charge in [-0.15, -0.1) is 0 Å². The fourth-order valence-corrected chi connectivity index (χ4v) is 3.32. The Morgan fingerprint density at radius 1 is 1.12 bits per heavy atom. The van der Waals surface area contributed by atoms with Crippen LogP contribution in [0, 0.1) is 0 Å². The first-order valence-corrected chi connectivity index (χ1v) is 7.44. The first kappa shape index (κ1) is 14.2. The zero-order valence-electron chi connectivity index (χ0n) is 10.6. The van der Waals surface area contributed by atoms with Crippen molar-refractivity contribution in [3.05, 3.63) is 24.3 Å². The molecule has 0 bridgehead atoms. The van der Waals surface area contributed by atoms with Crippen molar-refractivity contribution in [1.82, 2.24) is 0 Å². The maximum Gasteiger partial charge on any atom is 0.363 e. The molecule has 0 unspecified atom stereocenters. The van der Waals surface area contributed by atoms with Crippen LogP contribution in [0.25, 0.3) is 0 Å². The van der Waals surface area contributed by atoms with Gasteiger partial charge in [-0.3, -0.25) is 4.57 Å². The summed E-state index contributed by atoms with van der Waals surface area (Å²) in [6, 6.07) is 7.39. The molecule has 0 radical (unpaired) electrons. The van der Waals surface area contributed by atoms with E-state index >= 15 is 0 Å². The molecule has 0 aliphatic heterocycles. The highest BCUT2D eigenvalue weighted by Crippen LogP contribution is 2.48. The number of anilines is 1. The largest absolute Gasteiger partial charge is 0.385 e. The van der Waals surface area contributed by atoms with Gasteiger partial charge in [0.05, 0.1) is 18.5 Å². The molecule has 1 aromatic rings. The van der Waals surface area contributed by atoms with E-state index in [0.717, 1.165) is 12.2 Å². The number of nitrogens with one attached hydrogen (secondary N) is 1. The van der Waals surface area contributed by atoms with Gasteiger partial charge in [0.1, 0.15) is 0 Å². The van der Waals surface area contributed by atoms with Gasteiger partial charge in [-0.05, 0) is 32.9 Å². The Kier molecular flexibility index (Phi) is 5.69. The van der Waals surface area contributed by atoms with Gasteiger partial charge in [0, 0.05) is 12.2 Å². The molecular weight excluding hydrogens is 237 g/mol. The standard InChI is InChI=1S/C12H20NO3P/c1-4-13-11-9-7-8-10-12(11)17(14,15-5-2)16-6-3/h7-10,13H,4-6H2,1-3H3. The molecule has 0 atom stereocenters. The van der Waals surface area contributed by atoms with Crippen LogP contribution >= 0.6 is 7.60 Å². The zero-order valence-corrected chi connectivity index (χ0v) is 11.5. The Bertz CT molecular complexity index is 385. The minimum Gasteiger partial charge on any atom is -0.385 e. The Morgan fingerprint density at radius 2 is 1.71 bits per heavy atom. The molecule has 0 saturated carbocycles. The second-order valence-corrected chi connectivity index (χ2v) is 5.37. The Morgan fingerprint density at radius 3 is 2.24 bits per heavy atom. The fraction of sp³-hybridized carbons (Fsp3) is 0.500. The SMILES string of the molecule is CCNc1ccccc1P(=O)(OCC)OCC. The van der Waals surface area contributed by atoms with Crippen LogP contribution in [0.15, 0.2) is 24.3 Å². The molecule has 1 aromatic carbocycles. The molecule has 5 heteroatoms. The number of rotatable bonds is 7. The molecule has 0 aliphatic rings. The Hall–Kier alpha value is -0.830. The van der Waals surface area contributed by atoms with E-state index in [1.807, 2.05) is 39.0 Å². The molecule has 0 spiro atoms. The minimum atomic E-state index is -3.20. The van der Waals surface area contributed by atoms with Gasteiger partial charge in [0.2, 0.25) is 0 Å². The van der Waals surface area contributed by atoms with E-state index in [-0.39, 0.29) is 0 Å². The summed E-state index contributed by atoms with van der Waals surface area (Å²) in [4.78, 5) is 0. The average Bonchev–Trinajstić information content (AvgIpc) is 2.31. The first-order chi connectivity index (χ1) is 8.18. The van der Waals surface area contributed by atoms with Crippen molar-refractivity contribution < 1.29 is 13.6 Å². The number of hydrogen-bond acceptors (Lipinski definition) is 4. The van der Waals surface area contributed by atoms with Crippen molar-refractivity contribution in [2.24, 2.45) is 0 Å². The van der Waals surface area contributed by atoms with Crippen LogP contribution in [0.2, 0.25) is 0 Å². The molecule has 0 aromatic heterocycles. The van der Waals surface area contributed by atoms with Gasteiger partial charge >= 0.3 is 7.60 Å². The summed E-state index contributed by atoms with van der Waals surface area (Å²) in [5.74, 6) is 0. The van der Waals surface area contributed by atoms with Crippen molar-refractivity contribution in [3.63, 3.8) is 0 Å². The summed E-state index contributed by atoms with van der Waals surface area (Å²) in [7, 11) is -3.20. The third-order valence-corrected chi connectivity index (χ3v) is 4.34. The maximum atomic E-state index is 12.6. The lowest BCUT2D eigenvalue weighted by molar-refractivity contribution is 0.230. The van der Waals surface area contributed by atoms with E-state index in [2.05, 4.69) is 5.32 Å². The van der Waals surface area contributed by atoms with E-state index in [0.29, 0.717) is 18.5 Å². The topological polar surface area (TPSA) is 47.6 Å². The van der Waals surface area contributed by atoms with Crippen molar-refractivity contribution in [2.45, 2.75) is 20.8 Å². The molecule has 0 heterocycles. The van der Waals surface area contributed by atoms with E-state index in [9.17, 15) is 4.57 Å². The summed E-state index contributed by atoms with van der Waals surface area (Å²) in [5, 5.41) is 3.77. The second kappa shape index (κ2) is 6.80. The molecule has 96 valence electrons. The van der Waals surface area contributed by atoms with Crippen LogP contribution in [0.1, 0.15) is 20.8 Å². The van der Waals surface area contributed by atoms with Gasteiger partial charge in [0.25, 0.3) is 0 Å². The molecule has 0 aliphatic carbocycles. The van der Waals surface area contributed by atoms with Crippen molar-refractivity contribution in [3.8, 4) is 0 Å². The lowest BCUT2D eigenvalue weighted by Gasteiger charge is -2.20. The number of benzene rings is 1. The molecule has 1 N–H and O–H groups in total. The van der Waals surface area contributed by atoms with Crippen LogP contribution in [0.4, 0.5) is 5.69 Å². The van der Waals surface area contributed by atoms with Gasteiger partial charge in [-0.25, -0.2) is 0 Å². The molecule has 0 saturated heterocycles. The van der Waals surface area contributed by atoms with Crippen molar-refractivity contribution >= 4 is 18.6 Å². The molecule has 0 amide bonds. The lowest BCUT2D eigenvalue weighted by Crippen LogP contribution is -2.16. The molecule has 17 heavy (non-hydrogen) atoms. The third-order valence-electron chi connectivity index (χ3n) is 2.16. The molecule has 0 fully saturated rings. The minimum absolute atomic E-state index is 0.359. The smallest absolute Gasteiger partial charge is 0.363 e. The Balaban J connectivity index is 3.13. The fourth-order valence-electron chi connectivity index (χ4n) is 1.57. The third kappa shape index (κ3) is 3.56. The predicted octanol–water partition coefficient (Wildman–Crippen LogP) is 3.01. The van der Waals surface area contributed by atoms with Crippen LogP contribution in [-0.2, 0) is 13.6 Å². The van der Waals surface area contributed by atoms with Crippen LogP contribution in [-0.4, -0.2) is 19.8 Å². The number of hydrogen-bond donors (Lipinski definition) is 1. The highest BCUT2D eigenvalue weighted by molar-refractivity contribution is 7.62. The summed E-state index contributed by atoms with van der Waals surface area (Å²) in [5.41, 5.74) is 0.806. The van der Waals surface area contributed by atoms with E-state index in [4.69, 9.17) is 9.05 Å². The second-order valence-electron chi connectivity index (χ2n) is 3.38. The van der Waals surface area contributed by atoms with Crippen molar-refractivity contribution in [1.29, 1.82) is 0 Å². The monoisotopic (exact) mass is 257 g/mol. The highest BCUT2D eigenvalue weighted by Gasteiger charge is 2.29. The number of para-hydroxylation sites is 1. The first-order valence-electron chi connectivity index (χ1n) is 5.90.